The lowest BCUT2D eigenvalue weighted by Gasteiger charge is -2.35. The lowest BCUT2D eigenvalue weighted by atomic mass is 10.0. The van der Waals surface area contributed by atoms with Gasteiger partial charge in [0.15, 0.2) is 11.5 Å². The molecule has 27 heavy (non-hydrogen) atoms. The van der Waals surface area contributed by atoms with Crippen LogP contribution in [0.2, 0.25) is 0 Å². The van der Waals surface area contributed by atoms with E-state index in [0.29, 0.717) is 48.1 Å². The molecule has 7 heteroatoms. The normalized spacial score (nSPS) is 18.9. The van der Waals surface area contributed by atoms with Crippen LogP contribution in [0.4, 0.5) is 11.6 Å². The molecule has 1 saturated heterocycles. The van der Waals surface area contributed by atoms with E-state index < -0.39 is 0 Å². The van der Waals surface area contributed by atoms with Crippen molar-refractivity contribution in [3.63, 3.8) is 0 Å². The van der Waals surface area contributed by atoms with Gasteiger partial charge in [0.05, 0.1) is 0 Å². The number of hydrogen-bond acceptors (Lipinski definition) is 6. The number of anilines is 2. The minimum absolute atomic E-state index is 0.264. The number of rotatable bonds is 4. The van der Waals surface area contributed by atoms with E-state index in [-0.39, 0.29) is 5.91 Å². The number of nitrogens with zero attached hydrogens (tertiary/aromatic N) is 3. The van der Waals surface area contributed by atoms with Gasteiger partial charge in [0, 0.05) is 30.5 Å². The van der Waals surface area contributed by atoms with Crippen LogP contribution in [-0.4, -0.2) is 41.7 Å². The summed E-state index contributed by atoms with van der Waals surface area (Å²) in [6.07, 6.45) is 6.22. The molecule has 0 aliphatic carbocycles. The quantitative estimate of drug-likeness (QED) is 0.893. The third kappa shape index (κ3) is 3.82. The zero-order chi connectivity index (χ0) is 18.6. The summed E-state index contributed by atoms with van der Waals surface area (Å²) in [5, 5.41) is 2.88. The average molecular weight is 368 g/mol. The number of hydrogen-bond donors (Lipinski definition) is 1. The van der Waals surface area contributed by atoms with Crippen LogP contribution < -0.4 is 19.7 Å². The van der Waals surface area contributed by atoms with Crippen LogP contribution in [0.15, 0.2) is 30.5 Å². The third-order valence-electron chi connectivity index (χ3n) is 5.03. The number of benzene rings is 1. The van der Waals surface area contributed by atoms with Crippen LogP contribution in [0.25, 0.3) is 0 Å². The van der Waals surface area contributed by atoms with Crippen molar-refractivity contribution < 1.29 is 14.3 Å². The molecule has 0 bridgehead atoms. The van der Waals surface area contributed by atoms with E-state index in [1.54, 1.807) is 30.5 Å². The summed E-state index contributed by atoms with van der Waals surface area (Å²) < 4.78 is 11.1. The van der Waals surface area contributed by atoms with Gasteiger partial charge in [-0.3, -0.25) is 4.79 Å². The first kappa shape index (κ1) is 17.6. The summed E-state index contributed by atoms with van der Waals surface area (Å²) in [7, 11) is 0. The maximum atomic E-state index is 12.7. The Morgan fingerprint density at radius 1 is 1.22 bits per heavy atom. The number of fused-ring (bicyclic) bond motifs is 1. The molecule has 1 aromatic heterocycles. The maximum absolute atomic E-state index is 12.7. The molecule has 2 aliphatic heterocycles. The van der Waals surface area contributed by atoms with Crippen LogP contribution in [-0.2, 0) is 0 Å². The largest absolute Gasteiger partial charge is 0.486 e. The van der Waals surface area contributed by atoms with Crippen LogP contribution in [0, 0.1) is 0 Å². The van der Waals surface area contributed by atoms with Crippen LogP contribution in [0.5, 0.6) is 11.5 Å². The lowest BCUT2D eigenvalue weighted by Crippen LogP contribution is -2.40. The third-order valence-corrected chi connectivity index (χ3v) is 5.03. The summed E-state index contributed by atoms with van der Waals surface area (Å²) in [5.41, 5.74) is 1.00. The first-order valence-electron chi connectivity index (χ1n) is 9.55. The molecule has 1 fully saturated rings. The molecule has 0 radical (unpaired) electrons. The predicted octanol–water partition coefficient (Wildman–Crippen LogP) is 3.27. The second-order valence-electron chi connectivity index (χ2n) is 6.81. The Kier molecular flexibility index (Phi) is 5.09. The average Bonchev–Trinajstić information content (AvgIpc) is 2.73. The van der Waals surface area contributed by atoms with Gasteiger partial charge in [0.25, 0.3) is 5.91 Å². The van der Waals surface area contributed by atoms with Gasteiger partial charge in [-0.25, -0.2) is 9.97 Å². The van der Waals surface area contributed by atoms with Gasteiger partial charge in [-0.1, -0.05) is 6.92 Å². The first-order chi connectivity index (χ1) is 13.2. The molecule has 3 heterocycles. The van der Waals surface area contributed by atoms with E-state index >= 15 is 0 Å². The van der Waals surface area contributed by atoms with Gasteiger partial charge in [0.2, 0.25) is 5.95 Å². The van der Waals surface area contributed by atoms with Crippen molar-refractivity contribution in [1.82, 2.24) is 9.97 Å². The van der Waals surface area contributed by atoms with Crippen molar-refractivity contribution in [3.05, 3.63) is 36.2 Å². The molecular weight excluding hydrogens is 344 g/mol. The van der Waals surface area contributed by atoms with E-state index in [1.165, 1.54) is 6.42 Å². The first-order valence-corrected chi connectivity index (χ1v) is 9.55. The van der Waals surface area contributed by atoms with Gasteiger partial charge in [0.1, 0.15) is 18.9 Å². The fourth-order valence-electron chi connectivity index (χ4n) is 3.62. The fourth-order valence-corrected chi connectivity index (χ4v) is 3.62. The number of carbonyl (C=O) groups is 1. The summed E-state index contributed by atoms with van der Waals surface area (Å²) in [6.45, 7) is 4.17. The fraction of sp³-hybridized carbons (Fsp3) is 0.450. The Morgan fingerprint density at radius 3 is 2.93 bits per heavy atom. The number of amides is 1. The number of nitrogens with one attached hydrogen (secondary N) is 1. The van der Waals surface area contributed by atoms with Gasteiger partial charge >= 0.3 is 0 Å². The van der Waals surface area contributed by atoms with Crippen LogP contribution >= 0.6 is 0 Å². The Labute approximate surface area is 158 Å². The maximum Gasteiger partial charge on any atom is 0.274 e. The molecule has 2 aliphatic rings. The zero-order valence-corrected chi connectivity index (χ0v) is 15.5. The van der Waals surface area contributed by atoms with Crippen molar-refractivity contribution in [2.75, 3.05) is 30.0 Å². The monoisotopic (exact) mass is 368 g/mol. The summed E-state index contributed by atoms with van der Waals surface area (Å²) >= 11 is 0. The molecule has 1 aromatic carbocycles. The van der Waals surface area contributed by atoms with Gasteiger partial charge in [-0.05, 0) is 43.9 Å². The minimum atomic E-state index is -0.264. The Balaban J connectivity index is 1.50. The molecule has 142 valence electrons. The SMILES string of the molecule is CCC1CCCCN1c1nccc(C(=O)Nc2ccc3c(c2)OCCO3)n1. The van der Waals surface area contributed by atoms with Gasteiger partial charge in [-0.2, -0.15) is 0 Å². The van der Waals surface area contributed by atoms with Crippen LogP contribution in [0.1, 0.15) is 43.1 Å². The zero-order valence-electron chi connectivity index (χ0n) is 15.5. The second-order valence-corrected chi connectivity index (χ2v) is 6.81. The van der Waals surface area contributed by atoms with E-state index in [9.17, 15) is 4.79 Å². The minimum Gasteiger partial charge on any atom is -0.486 e. The highest BCUT2D eigenvalue weighted by Gasteiger charge is 2.24. The van der Waals surface area contributed by atoms with Gasteiger partial charge in [-0.15, -0.1) is 0 Å². The smallest absolute Gasteiger partial charge is 0.274 e. The molecule has 0 saturated carbocycles. The van der Waals surface area contributed by atoms with E-state index in [2.05, 4.69) is 27.1 Å². The van der Waals surface area contributed by atoms with E-state index in [1.807, 2.05) is 0 Å². The van der Waals surface area contributed by atoms with Crippen molar-refractivity contribution in [2.24, 2.45) is 0 Å². The molecule has 1 unspecified atom stereocenters. The van der Waals surface area contributed by atoms with Crippen molar-refractivity contribution >= 4 is 17.5 Å². The number of piperidine rings is 1. The molecule has 2 aromatic rings. The molecule has 1 amide bonds. The lowest BCUT2D eigenvalue weighted by molar-refractivity contribution is 0.102. The number of carbonyl (C=O) groups excluding carboxylic acids is 1. The molecule has 4 rings (SSSR count). The summed E-state index contributed by atoms with van der Waals surface area (Å²) in [5.74, 6) is 1.71. The predicted molar refractivity (Wildman–Crippen MR) is 103 cm³/mol. The summed E-state index contributed by atoms with van der Waals surface area (Å²) in [4.78, 5) is 23.8. The van der Waals surface area contributed by atoms with E-state index in [0.717, 1.165) is 25.8 Å². The molecule has 0 spiro atoms. The molecular formula is C20H24N4O3. The highest BCUT2D eigenvalue weighted by molar-refractivity contribution is 6.03. The highest BCUT2D eigenvalue weighted by Crippen LogP contribution is 2.32. The van der Waals surface area contributed by atoms with Crippen molar-refractivity contribution in [2.45, 2.75) is 38.6 Å². The van der Waals surface area contributed by atoms with Crippen LogP contribution in [0.3, 0.4) is 0 Å². The van der Waals surface area contributed by atoms with E-state index in [4.69, 9.17) is 9.47 Å². The molecule has 1 atom stereocenters. The molecule has 1 N–H and O–H groups in total. The van der Waals surface area contributed by atoms with Crippen molar-refractivity contribution in [1.29, 1.82) is 0 Å². The highest BCUT2D eigenvalue weighted by atomic mass is 16.6. The number of aromatic nitrogens is 2. The Hall–Kier alpha value is -2.83. The standard InChI is InChI=1S/C20H24N4O3/c1-2-15-5-3-4-10-24(15)20-21-9-8-16(23-20)19(25)22-14-6-7-17-18(13-14)27-12-11-26-17/h6-9,13,15H,2-5,10-12H2,1H3,(H,22,25). The topological polar surface area (TPSA) is 76.6 Å². The Bertz CT molecular complexity index is 827. The van der Waals surface area contributed by atoms with Gasteiger partial charge < -0.3 is 19.7 Å². The van der Waals surface area contributed by atoms with Crippen molar-refractivity contribution in [3.8, 4) is 11.5 Å². The molecule has 7 nitrogen and oxygen atoms in total. The Morgan fingerprint density at radius 2 is 2.07 bits per heavy atom. The number of ether oxygens (including phenoxy) is 2. The second kappa shape index (κ2) is 7.82. The summed E-state index contributed by atoms with van der Waals surface area (Å²) in [6, 6.07) is 7.45.